The van der Waals surface area contributed by atoms with E-state index in [1.807, 2.05) is 31.2 Å². The second kappa shape index (κ2) is 9.16. The normalized spacial score (nSPS) is 16.6. The predicted octanol–water partition coefficient (Wildman–Crippen LogP) is 5.99. The van der Waals surface area contributed by atoms with Crippen LogP contribution >= 0.6 is 23.8 Å². The van der Waals surface area contributed by atoms with E-state index >= 15 is 0 Å². The Hall–Kier alpha value is -2.77. The predicted molar refractivity (Wildman–Crippen MR) is 124 cm³/mol. The first-order valence-electron chi connectivity index (χ1n) is 10.1. The van der Waals surface area contributed by atoms with Crippen molar-refractivity contribution < 1.29 is 8.91 Å². The maximum atomic E-state index is 13.7. The molecule has 0 fully saturated rings. The Labute approximate surface area is 190 Å². The van der Waals surface area contributed by atoms with Crippen LogP contribution in [0, 0.1) is 5.82 Å². The van der Waals surface area contributed by atoms with Crippen LogP contribution in [0.2, 0.25) is 5.02 Å². The first kappa shape index (κ1) is 21.5. The largest absolute Gasteiger partial charge is 0.351 e. The summed E-state index contributed by atoms with van der Waals surface area (Å²) in [5.41, 5.74) is 3.31. The van der Waals surface area contributed by atoms with Gasteiger partial charge in [0.15, 0.2) is 5.11 Å². The summed E-state index contributed by atoms with van der Waals surface area (Å²) in [5, 5.41) is 8.82. The van der Waals surface area contributed by atoms with E-state index in [2.05, 4.69) is 27.3 Å². The smallest absolute Gasteiger partial charge is 0.258 e. The third-order valence-electron chi connectivity index (χ3n) is 5.27. The zero-order valence-electron chi connectivity index (χ0n) is 17.2. The summed E-state index contributed by atoms with van der Waals surface area (Å²) >= 11 is 11.8. The molecule has 0 amide bonds. The first-order chi connectivity index (χ1) is 15.0. The summed E-state index contributed by atoms with van der Waals surface area (Å²) in [6.07, 6.45) is 2.04. The number of hydrogen-bond acceptors (Lipinski definition) is 4. The standard InChI is InChI=1S/C23H22ClFN4OS/c1-3-4-12-29-14(2)19(20(26-23(29)31)15-8-10-17(24)11-9-15)22-27-21(28-30-22)16-6-5-7-18(25)13-16/h5-11,13,20H,3-4,12H2,1-2H3,(H,26,31). The summed E-state index contributed by atoms with van der Waals surface area (Å²) in [6, 6.07) is 13.4. The van der Waals surface area contributed by atoms with Crippen molar-refractivity contribution in [2.24, 2.45) is 0 Å². The highest BCUT2D eigenvalue weighted by Crippen LogP contribution is 2.37. The van der Waals surface area contributed by atoms with E-state index in [0.717, 1.165) is 36.2 Å². The zero-order valence-corrected chi connectivity index (χ0v) is 18.8. The lowest BCUT2D eigenvalue weighted by molar-refractivity contribution is 0.395. The maximum absolute atomic E-state index is 13.7. The average molecular weight is 457 g/mol. The van der Waals surface area contributed by atoms with Gasteiger partial charge >= 0.3 is 0 Å². The highest BCUT2D eigenvalue weighted by atomic mass is 35.5. The van der Waals surface area contributed by atoms with E-state index in [-0.39, 0.29) is 11.9 Å². The van der Waals surface area contributed by atoms with E-state index in [1.165, 1.54) is 12.1 Å². The van der Waals surface area contributed by atoms with Crippen LogP contribution < -0.4 is 5.32 Å². The number of hydrogen-bond donors (Lipinski definition) is 1. The van der Waals surface area contributed by atoms with Gasteiger partial charge < -0.3 is 14.7 Å². The van der Waals surface area contributed by atoms with Gasteiger partial charge in [-0.3, -0.25) is 0 Å². The molecule has 0 spiro atoms. The molecule has 0 radical (unpaired) electrons. The van der Waals surface area contributed by atoms with Crippen LogP contribution in [0.5, 0.6) is 0 Å². The molecule has 1 atom stereocenters. The SMILES string of the molecule is CCCCN1C(=S)NC(c2ccc(Cl)cc2)C(c2nc(-c3cccc(F)c3)no2)=C1C. The van der Waals surface area contributed by atoms with Crippen molar-refractivity contribution in [2.75, 3.05) is 6.54 Å². The fourth-order valence-electron chi connectivity index (χ4n) is 3.63. The Bertz CT molecular complexity index is 1130. The van der Waals surface area contributed by atoms with Gasteiger partial charge in [0.1, 0.15) is 5.82 Å². The number of thiocarbonyl (C=S) groups is 1. The molecule has 2 aromatic carbocycles. The van der Waals surface area contributed by atoms with Gasteiger partial charge in [0.05, 0.1) is 11.6 Å². The highest BCUT2D eigenvalue weighted by Gasteiger charge is 2.33. The second-order valence-corrected chi connectivity index (χ2v) is 8.19. The number of nitrogens with zero attached hydrogens (tertiary/aromatic N) is 3. The van der Waals surface area contributed by atoms with Crippen molar-refractivity contribution in [1.82, 2.24) is 20.4 Å². The van der Waals surface area contributed by atoms with E-state index < -0.39 is 0 Å². The van der Waals surface area contributed by atoms with Crippen LogP contribution in [0.25, 0.3) is 17.0 Å². The van der Waals surface area contributed by atoms with Gasteiger partial charge in [-0.2, -0.15) is 4.98 Å². The molecule has 1 aliphatic heterocycles. The Morgan fingerprint density at radius 1 is 1.23 bits per heavy atom. The molecule has 3 aromatic rings. The van der Waals surface area contributed by atoms with Gasteiger partial charge in [-0.1, -0.05) is 54.4 Å². The molecule has 1 aromatic heterocycles. The Balaban J connectivity index is 1.80. The molecule has 31 heavy (non-hydrogen) atoms. The van der Waals surface area contributed by atoms with Crippen LogP contribution in [-0.4, -0.2) is 26.7 Å². The molecule has 8 heteroatoms. The van der Waals surface area contributed by atoms with Crippen molar-refractivity contribution in [2.45, 2.75) is 32.7 Å². The van der Waals surface area contributed by atoms with Gasteiger partial charge in [0, 0.05) is 22.8 Å². The fourth-order valence-corrected chi connectivity index (χ4v) is 4.10. The summed E-state index contributed by atoms with van der Waals surface area (Å²) in [6.45, 7) is 4.93. The van der Waals surface area contributed by atoms with Crippen LogP contribution in [0.4, 0.5) is 4.39 Å². The molecule has 5 nitrogen and oxygen atoms in total. The van der Waals surface area contributed by atoms with Crippen molar-refractivity contribution in [1.29, 1.82) is 0 Å². The van der Waals surface area contributed by atoms with E-state index in [4.69, 9.17) is 28.3 Å². The Kier molecular flexibility index (Phi) is 6.34. The zero-order chi connectivity index (χ0) is 22.0. The average Bonchev–Trinajstić information content (AvgIpc) is 3.23. The first-order valence-corrected chi connectivity index (χ1v) is 10.9. The molecule has 1 unspecified atom stereocenters. The highest BCUT2D eigenvalue weighted by molar-refractivity contribution is 7.80. The lowest BCUT2D eigenvalue weighted by Crippen LogP contribution is -2.46. The van der Waals surface area contributed by atoms with E-state index in [1.54, 1.807) is 12.1 Å². The number of nitrogens with one attached hydrogen (secondary N) is 1. The quantitative estimate of drug-likeness (QED) is 0.459. The van der Waals surface area contributed by atoms with Crippen molar-refractivity contribution in [3.8, 4) is 11.4 Å². The monoisotopic (exact) mass is 456 g/mol. The van der Waals surface area contributed by atoms with Gasteiger partial charge in [-0.05, 0) is 55.4 Å². The minimum Gasteiger partial charge on any atom is -0.351 e. The molecule has 0 aliphatic carbocycles. The molecule has 1 aliphatic rings. The van der Waals surface area contributed by atoms with Crippen LogP contribution in [-0.2, 0) is 0 Å². The number of aromatic nitrogens is 2. The Morgan fingerprint density at radius 2 is 2.00 bits per heavy atom. The summed E-state index contributed by atoms with van der Waals surface area (Å²) in [5.74, 6) is 0.347. The topological polar surface area (TPSA) is 54.2 Å². The van der Waals surface area contributed by atoms with Crippen molar-refractivity contribution >= 4 is 34.5 Å². The van der Waals surface area contributed by atoms with Crippen LogP contribution in [0.15, 0.2) is 58.8 Å². The molecule has 0 saturated carbocycles. The lowest BCUT2D eigenvalue weighted by Gasteiger charge is -2.37. The summed E-state index contributed by atoms with van der Waals surface area (Å²) < 4.78 is 19.3. The summed E-state index contributed by atoms with van der Waals surface area (Å²) in [7, 11) is 0. The van der Waals surface area contributed by atoms with Gasteiger partial charge in [0.25, 0.3) is 5.89 Å². The fraction of sp³-hybridized carbons (Fsp3) is 0.261. The molecular formula is C23H22ClFN4OS. The van der Waals surface area contributed by atoms with Gasteiger partial charge in [-0.25, -0.2) is 4.39 Å². The number of benzene rings is 2. The molecule has 4 rings (SSSR count). The summed E-state index contributed by atoms with van der Waals surface area (Å²) in [4.78, 5) is 6.65. The molecule has 0 bridgehead atoms. The number of allylic oxidation sites excluding steroid dienone is 1. The molecule has 160 valence electrons. The van der Waals surface area contributed by atoms with Gasteiger partial charge in [-0.15, -0.1) is 0 Å². The lowest BCUT2D eigenvalue weighted by atomic mass is 9.94. The number of rotatable bonds is 6. The van der Waals surface area contributed by atoms with Gasteiger partial charge in [0.2, 0.25) is 5.82 Å². The minimum atomic E-state index is -0.353. The van der Waals surface area contributed by atoms with Crippen LogP contribution in [0.3, 0.4) is 0 Å². The van der Waals surface area contributed by atoms with Crippen molar-refractivity contribution in [3.05, 3.63) is 76.5 Å². The third-order valence-corrected chi connectivity index (χ3v) is 5.86. The van der Waals surface area contributed by atoms with Crippen LogP contribution in [0.1, 0.15) is 44.2 Å². The molecular weight excluding hydrogens is 435 g/mol. The molecule has 0 saturated heterocycles. The maximum Gasteiger partial charge on any atom is 0.258 e. The van der Waals surface area contributed by atoms with E-state index in [9.17, 15) is 4.39 Å². The second-order valence-electron chi connectivity index (χ2n) is 7.37. The molecule has 1 N–H and O–H groups in total. The third kappa shape index (κ3) is 4.48. The number of halogens is 2. The van der Waals surface area contributed by atoms with E-state index in [0.29, 0.717) is 27.4 Å². The van der Waals surface area contributed by atoms with Crippen molar-refractivity contribution in [3.63, 3.8) is 0 Å². The minimum absolute atomic E-state index is 0.275. The Morgan fingerprint density at radius 3 is 2.71 bits per heavy atom. The number of unbranched alkanes of at least 4 members (excludes halogenated alkanes) is 1. The molecule has 2 heterocycles.